The lowest BCUT2D eigenvalue weighted by Gasteiger charge is -2.17. The van der Waals surface area contributed by atoms with Crippen LogP contribution in [0, 0.1) is 5.92 Å². The molecule has 0 spiro atoms. The van der Waals surface area contributed by atoms with E-state index < -0.39 is 11.9 Å². The maximum absolute atomic E-state index is 12.2. The van der Waals surface area contributed by atoms with Crippen molar-refractivity contribution in [2.75, 3.05) is 0 Å². The standard InChI is InChI=1S/C15H20N4O2/c1-9(2)8-12(13(16)20)18-15(21)11-5-4-10-6-7-19(3)14(10)17-11/h4-7,9,12H,8H2,1-3H3,(H2,16,20)(H,18,21)/t12-/m0/s1. The van der Waals surface area contributed by atoms with Crippen LogP contribution in [0.25, 0.3) is 11.0 Å². The summed E-state index contributed by atoms with van der Waals surface area (Å²) in [6, 6.07) is 4.72. The van der Waals surface area contributed by atoms with Gasteiger partial charge in [-0.05, 0) is 30.5 Å². The van der Waals surface area contributed by atoms with Crippen LogP contribution in [0.3, 0.4) is 0 Å². The van der Waals surface area contributed by atoms with E-state index in [2.05, 4.69) is 10.3 Å². The highest BCUT2D eigenvalue weighted by Gasteiger charge is 2.21. The summed E-state index contributed by atoms with van der Waals surface area (Å²) in [5, 5.41) is 3.62. The van der Waals surface area contributed by atoms with Crippen molar-refractivity contribution in [3.63, 3.8) is 0 Å². The molecular weight excluding hydrogens is 268 g/mol. The molecule has 21 heavy (non-hydrogen) atoms. The third-order valence-corrected chi connectivity index (χ3v) is 3.31. The molecule has 6 nitrogen and oxygen atoms in total. The van der Waals surface area contributed by atoms with Crippen LogP contribution in [0.1, 0.15) is 30.8 Å². The zero-order valence-electron chi connectivity index (χ0n) is 12.5. The Balaban J connectivity index is 2.20. The molecule has 0 saturated heterocycles. The lowest BCUT2D eigenvalue weighted by Crippen LogP contribution is -2.45. The lowest BCUT2D eigenvalue weighted by molar-refractivity contribution is -0.120. The molecule has 0 aliphatic rings. The summed E-state index contributed by atoms with van der Waals surface area (Å²) in [5.41, 5.74) is 6.33. The number of primary amides is 1. The molecule has 0 aliphatic carbocycles. The van der Waals surface area contributed by atoms with Crippen molar-refractivity contribution in [2.24, 2.45) is 18.7 Å². The molecule has 0 unspecified atom stereocenters. The molecule has 2 aromatic heterocycles. The van der Waals surface area contributed by atoms with Crippen LogP contribution < -0.4 is 11.1 Å². The molecule has 6 heteroatoms. The van der Waals surface area contributed by atoms with E-state index in [0.29, 0.717) is 6.42 Å². The summed E-state index contributed by atoms with van der Waals surface area (Å²) in [4.78, 5) is 28.0. The van der Waals surface area contributed by atoms with E-state index in [9.17, 15) is 9.59 Å². The zero-order valence-corrected chi connectivity index (χ0v) is 12.5. The van der Waals surface area contributed by atoms with E-state index in [-0.39, 0.29) is 17.5 Å². The fraction of sp³-hybridized carbons (Fsp3) is 0.400. The number of nitrogens with two attached hydrogens (primary N) is 1. The molecule has 0 radical (unpaired) electrons. The van der Waals surface area contributed by atoms with E-state index in [1.165, 1.54) is 0 Å². The Morgan fingerprint density at radius 2 is 2.05 bits per heavy atom. The van der Waals surface area contributed by atoms with E-state index >= 15 is 0 Å². The maximum Gasteiger partial charge on any atom is 0.270 e. The highest BCUT2D eigenvalue weighted by molar-refractivity contribution is 5.97. The number of nitrogens with one attached hydrogen (secondary N) is 1. The van der Waals surface area contributed by atoms with Crippen LogP contribution in [-0.4, -0.2) is 27.4 Å². The highest BCUT2D eigenvalue weighted by atomic mass is 16.2. The van der Waals surface area contributed by atoms with Gasteiger partial charge in [0.15, 0.2) is 0 Å². The second-order valence-electron chi connectivity index (χ2n) is 5.59. The van der Waals surface area contributed by atoms with Gasteiger partial charge in [0.2, 0.25) is 5.91 Å². The molecule has 2 rings (SSSR count). The van der Waals surface area contributed by atoms with E-state index in [1.807, 2.05) is 43.8 Å². The normalized spacial score (nSPS) is 12.6. The summed E-state index contributed by atoms with van der Waals surface area (Å²) in [6.07, 6.45) is 2.39. The summed E-state index contributed by atoms with van der Waals surface area (Å²) in [7, 11) is 1.86. The van der Waals surface area contributed by atoms with E-state index in [4.69, 9.17) is 5.73 Å². The van der Waals surface area contributed by atoms with Gasteiger partial charge in [-0.1, -0.05) is 13.8 Å². The Morgan fingerprint density at radius 3 is 2.67 bits per heavy atom. The van der Waals surface area contributed by atoms with Crippen molar-refractivity contribution < 1.29 is 9.59 Å². The van der Waals surface area contributed by atoms with Gasteiger partial charge >= 0.3 is 0 Å². The number of pyridine rings is 1. The highest BCUT2D eigenvalue weighted by Crippen LogP contribution is 2.13. The summed E-state index contributed by atoms with van der Waals surface area (Å²) < 4.78 is 1.84. The number of hydrogen-bond acceptors (Lipinski definition) is 3. The molecule has 1 atom stereocenters. The van der Waals surface area contributed by atoms with E-state index in [1.54, 1.807) is 6.07 Å². The first-order chi connectivity index (χ1) is 9.88. The number of nitrogens with zero attached hydrogens (tertiary/aromatic N) is 2. The van der Waals surface area contributed by atoms with Crippen LogP contribution in [-0.2, 0) is 11.8 Å². The van der Waals surface area contributed by atoms with Crippen molar-refractivity contribution in [2.45, 2.75) is 26.3 Å². The Hall–Kier alpha value is -2.37. The van der Waals surface area contributed by atoms with Crippen LogP contribution in [0.2, 0.25) is 0 Å². The lowest BCUT2D eigenvalue weighted by atomic mass is 10.0. The molecule has 0 aromatic carbocycles. The van der Waals surface area contributed by atoms with Gasteiger partial charge in [-0.25, -0.2) is 4.98 Å². The first kappa shape index (κ1) is 15.0. The number of aryl methyl sites for hydroxylation is 1. The average molecular weight is 288 g/mol. The summed E-state index contributed by atoms with van der Waals surface area (Å²) in [5.74, 6) is -0.661. The Kier molecular flexibility index (Phi) is 4.26. The zero-order chi connectivity index (χ0) is 15.6. The molecular formula is C15H20N4O2. The monoisotopic (exact) mass is 288 g/mol. The minimum Gasteiger partial charge on any atom is -0.368 e. The van der Waals surface area contributed by atoms with Gasteiger partial charge in [0.25, 0.3) is 5.91 Å². The molecule has 0 saturated carbocycles. The van der Waals surface area contributed by atoms with Crippen LogP contribution in [0.15, 0.2) is 24.4 Å². The van der Waals surface area contributed by atoms with E-state index in [0.717, 1.165) is 11.0 Å². The van der Waals surface area contributed by atoms with Crippen LogP contribution in [0.4, 0.5) is 0 Å². The quantitative estimate of drug-likeness (QED) is 0.866. The van der Waals surface area contributed by atoms with Crippen molar-refractivity contribution in [3.05, 3.63) is 30.1 Å². The molecule has 3 N–H and O–H groups in total. The predicted octanol–water partition coefficient (Wildman–Crippen LogP) is 1.20. The number of carbonyl (C=O) groups is 2. The van der Waals surface area contributed by atoms with Gasteiger partial charge in [-0.3, -0.25) is 9.59 Å². The van der Waals surface area contributed by atoms with Crippen molar-refractivity contribution >= 4 is 22.8 Å². The van der Waals surface area contributed by atoms with Gasteiger partial charge in [0, 0.05) is 18.6 Å². The molecule has 0 fully saturated rings. The van der Waals surface area contributed by atoms with Gasteiger partial charge in [-0.2, -0.15) is 0 Å². The predicted molar refractivity (Wildman–Crippen MR) is 80.6 cm³/mol. The Bertz CT molecular complexity index is 675. The second-order valence-corrected chi connectivity index (χ2v) is 5.59. The van der Waals surface area contributed by atoms with Crippen LogP contribution >= 0.6 is 0 Å². The van der Waals surface area contributed by atoms with Gasteiger partial charge in [0.05, 0.1) is 0 Å². The van der Waals surface area contributed by atoms with Crippen LogP contribution in [0.5, 0.6) is 0 Å². The van der Waals surface area contributed by atoms with Gasteiger partial charge in [-0.15, -0.1) is 0 Å². The number of aromatic nitrogens is 2. The topological polar surface area (TPSA) is 90.0 Å². The molecule has 0 bridgehead atoms. The first-order valence-electron chi connectivity index (χ1n) is 6.90. The number of fused-ring (bicyclic) bond motifs is 1. The Labute approximate surface area is 123 Å². The SMILES string of the molecule is CC(C)C[C@H](NC(=O)c1ccc2ccn(C)c2n1)C(N)=O. The molecule has 112 valence electrons. The number of rotatable bonds is 5. The number of amides is 2. The number of hydrogen-bond donors (Lipinski definition) is 2. The second kappa shape index (κ2) is 5.95. The maximum atomic E-state index is 12.2. The van der Waals surface area contributed by atoms with Crippen molar-refractivity contribution in [1.82, 2.24) is 14.9 Å². The minimum atomic E-state index is -0.677. The average Bonchev–Trinajstić information content (AvgIpc) is 2.78. The Morgan fingerprint density at radius 1 is 1.33 bits per heavy atom. The fourth-order valence-corrected chi connectivity index (χ4v) is 2.21. The molecule has 2 heterocycles. The van der Waals surface area contributed by atoms with Gasteiger partial charge < -0.3 is 15.6 Å². The fourth-order valence-electron chi connectivity index (χ4n) is 2.21. The minimum absolute atomic E-state index is 0.256. The number of carbonyl (C=O) groups excluding carboxylic acids is 2. The third kappa shape index (κ3) is 3.39. The first-order valence-corrected chi connectivity index (χ1v) is 6.90. The molecule has 0 aliphatic heterocycles. The molecule has 2 amide bonds. The third-order valence-electron chi connectivity index (χ3n) is 3.31. The van der Waals surface area contributed by atoms with Crippen molar-refractivity contribution in [3.8, 4) is 0 Å². The smallest absolute Gasteiger partial charge is 0.270 e. The van der Waals surface area contributed by atoms with Gasteiger partial charge in [0.1, 0.15) is 17.4 Å². The summed E-state index contributed by atoms with van der Waals surface area (Å²) in [6.45, 7) is 3.94. The summed E-state index contributed by atoms with van der Waals surface area (Å²) >= 11 is 0. The molecule has 2 aromatic rings. The largest absolute Gasteiger partial charge is 0.368 e. The van der Waals surface area contributed by atoms with Crippen molar-refractivity contribution in [1.29, 1.82) is 0 Å².